The Morgan fingerprint density at radius 2 is 1.90 bits per heavy atom. The molecule has 0 aromatic heterocycles. The first kappa shape index (κ1) is 17.0. The SMILES string of the molecule is Cc1ccc(OCC(O)CNC(C)(C)C(C)O)c(C)c1. The molecule has 2 unspecified atom stereocenters. The van der Waals surface area contributed by atoms with Crippen molar-refractivity contribution in [2.45, 2.75) is 52.4 Å². The average Bonchev–Trinajstić information content (AvgIpc) is 2.35. The third kappa shape index (κ3) is 5.12. The smallest absolute Gasteiger partial charge is 0.122 e. The van der Waals surface area contributed by atoms with Gasteiger partial charge in [-0.05, 0) is 46.2 Å². The van der Waals surface area contributed by atoms with Gasteiger partial charge in [-0.1, -0.05) is 17.7 Å². The number of ether oxygens (including phenoxy) is 1. The number of aliphatic hydroxyl groups excluding tert-OH is 2. The van der Waals surface area contributed by atoms with Crippen molar-refractivity contribution in [3.63, 3.8) is 0 Å². The molecule has 3 N–H and O–H groups in total. The van der Waals surface area contributed by atoms with Crippen molar-refractivity contribution in [3.8, 4) is 5.75 Å². The van der Waals surface area contributed by atoms with Gasteiger partial charge in [-0.15, -0.1) is 0 Å². The quantitative estimate of drug-likeness (QED) is 0.713. The van der Waals surface area contributed by atoms with E-state index in [4.69, 9.17) is 4.74 Å². The van der Waals surface area contributed by atoms with Crippen LogP contribution in [0, 0.1) is 13.8 Å². The number of β-amino-alcohol motifs (C(OH)–C–C–N with tert-alkyl or cyclic N) is 1. The number of benzene rings is 1. The van der Waals surface area contributed by atoms with Crippen molar-refractivity contribution in [2.24, 2.45) is 0 Å². The van der Waals surface area contributed by atoms with E-state index in [0.29, 0.717) is 6.54 Å². The highest BCUT2D eigenvalue weighted by atomic mass is 16.5. The molecule has 114 valence electrons. The minimum Gasteiger partial charge on any atom is -0.491 e. The predicted molar refractivity (Wildman–Crippen MR) is 81.2 cm³/mol. The molecular weight excluding hydrogens is 254 g/mol. The second-order valence-corrected chi connectivity index (χ2v) is 6.01. The summed E-state index contributed by atoms with van der Waals surface area (Å²) in [6.07, 6.45) is -1.11. The van der Waals surface area contributed by atoms with Crippen LogP contribution in [0.1, 0.15) is 31.9 Å². The van der Waals surface area contributed by atoms with Gasteiger partial charge in [0, 0.05) is 12.1 Å². The van der Waals surface area contributed by atoms with Crippen molar-refractivity contribution in [2.75, 3.05) is 13.2 Å². The van der Waals surface area contributed by atoms with Crippen molar-refractivity contribution in [1.29, 1.82) is 0 Å². The van der Waals surface area contributed by atoms with E-state index in [1.807, 2.05) is 39.8 Å². The number of nitrogens with one attached hydrogen (secondary N) is 1. The van der Waals surface area contributed by atoms with Gasteiger partial charge >= 0.3 is 0 Å². The molecule has 1 rings (SSSR count). The van der Waals surface area contributed by atoms with Gasteiger partial charge in [0.15, 0.2) is 0 Å². The number of rotatable bonds is 7. The van der Waals surface area contributed by atoms with Gasteiger partial charge in [0.25, 0.3) is 0 Å². The Labute approximate surface area is 121 Å². The molecule has 4 nitrogen and oxygen atoms in total. The number of hydrogen-bond acceptors (Lipinski definition) is 4. The van der Waals surface area contributed by atoms with E-state index in [1.54, 1.807) is 6.92 Å². The Balaban J connectivity index is 2.42. The van der Waals surface area contributed by atoms with Gasteiger partial charge in [-0.2, -0.15) is 0 Å². The molecule has 0 aliphatic heterocycles. The van der Waals surface area contributed by atoms with E-state index in [1.165, 1.54) is 5.56 Å². The summed E-state index contributed by atoms with van der Waals surface area (Å²) in [7, 11) is 0. The van der Waals surface area contributed by atoms with Gasteiger partial charge in [0.05, 0.1) is 6.10 Å². The average molecular weight is 281 g/mol. The van der Waals surface area contributed by atoms with Gasteiger partial charge in [-0.25, -0.2) is 0 Å². The van der Waals surface area contributed by atoms with Gasteiger partial charge in [0.1, 0.15) is 18.5 Å². The number of aliphatic hydroxyl groups is 2. The predicted octanol–water partition coefficient (Wildman–Crippen LogP) is 1.79. The Kier molecular flexibility index (Phi) is 5.99. The fraction of sp³-hybridized carbons (Fsp3) is 0.625. The minimum atomic E-state index is -0.617. The second kappa shape index (κ2) is 7.07. The summed E-state index contributed by atoms with van der Waals surface area (Å²) in [5, 5.41) is 22.7. The largest absolute Gasteiger partial charge is 0.491 e. The molecule has 0 aliphatic rings. The Morgan fingerprint density at radius 3 is 2.45 bits per heavy atom. The third-order valence-electron chi connectivity index (χ3n) is 3.60. The zero-order chi connectivity index (χ0) is 15.3. The monoisotopic (exact) mass is 281 g/mol. The summed E-state index contributed by atoms with van der Waals surface area (Å²) in [5.41, 5.74) is 1.83. The van der Waals surface area contributed by atoms with E-state index in [0.717, 1.165) is 11.3 Å². The maximum Gasteiger partial charge on any atom is 0.122 e. The maximum atomic E-state index is 9.93. The van der Waals surface area contributed by atoms with Crippen LogP contribution in [0.3, 0.4) is 0 Å². The second-order valence-electron chi connectivity index (χ2n) is 6.01. The van der Waals surface area contributed by atoms with E-state index in [-0.39, 0.29) is 6.61 Å². The topological polar surface area (TPSA) is 61.7 Å². The first-order valence-corrected chi connectivity index (χ1v) is 7.03. The normalized spacial score (nSPS) is 14.9. The van der Waals surface area contributed by atoms with Gasteiger partial charge in [-0.3, -0.25) is 0 Å². The molecule has 0 aliphatic carbocycles. The van der Waals surface area contributed by atoms with Crippen LogP contribution in [0.25, 0.3) is 0 Å². The van der Waals surface area contributed by atoms with Crippen LogP contribution in [0.15, 0.2) is 18.2 Å². The summed E-state index contributed by atoms with van der Waals surface area (Å²) in [4.78, 5) is 0. The van der Waals surface area contributed by atoms with Crippen molar-refractivity contribution in [1.82, 2.24) is 5.32 Å². The van der Waals surface area contributed by atoms with Gasteiger partial charge in [0.2, 0.25) is 0 Å². The Hall–Kier alpha value is -1.10. The summed E-state index contributed by atoms with van der Waals surface area (Å²) in [6.45, 7) is 10.2. The molecule has 0 radical (unpaired) electrons. The van der Waals surface area contributed by atoms with Crippen LogP contribution in [0.2, 0.25) is 0 Å². The molecule has 0 bridgehead atoms. The molecule has 1 aromatic rings. The van der Waals surface area contributed by atoms with E-state index < -0.39 is 17.7 Å². The zero-order valence-electron chi connectivity index (χ0n) is 13.1. The highest BCUT2D eigenvalue weighted by Crippen LogP contribution is 2.18. The maximum absolute atomic E-state index is 9.93. The standard InChI is InChI=1S/C16H27NO3/c1-11-6-7-15(12(2)8-11)20-10-14(19)9-17-16(4,5)13(3)18/h6-8,13-14,17-19H,9-10H2,1-5H3. The number of aryl methyl sites for hydroxylation is 2. The molecule has 0 amide bonds. The van der Waals surface area contributed by atoms with Crippen molar-refractivity contribution < 1.29 is 14.9 Å². The molecule has 0 saturated heterocycles. The van der Waals surface area contributed by atoms with E-state index in [9.17, 15) is 10.2 Å². The number of hydrogen-bond donors (Lipinski definition) is 3. The lowest BCUT2D eigenvalue weighted by Crippen LogP contribution is -2.51. The van der Waals surface area contributed by atoms with Crippen LogP contribution >= 0.6 is 0 Å². The lowest BCUT2D eigenvalue weighted by atomic mass is 9.99. The van der Waals surface area contributed by atoms with E-state index >= 15 is 0 Å². The van der Waals surface area contributed by atoms with Crippen LogP contribution < -0.4 is 10.1 Å². The summed E-state index contributed by atoms with van der Waals surface area (Å²) in [5.74, 6) is 0.796. The molecule has 4 heteroatoms. The fourth-order valence-electron chi connectivity index (χ4n) is 1.73. The van der Waals surface area contributed by atoms with Crippen LogP contribution in [0.5, 0.6) is 5.75 Å². The third-order valence-corrected chi connectivity index (χ3v) is 3.60. The first-order valence-electron chi connectivity index (χ1n) is 7.03. The van der Waals surface area contributed by atoms with Crippen molar-refractivity contribution in [3.05, 3.63) is 29.3 Å². The van der Waals surface area contributed by atoms with Crippen LogP contribution in [0.4, 0.5) is 0 Å². The van der Waals surface area contributed by atoms with Crippen LogP contribution in [-0.4, -0.2) is 41.1 Å². The Morgan fingerprint density at radius 1 is 1.25 bits per heavy atom. The van der Waals surface area contributed by atoms with Crippen molar-refractivity contribution >= 4 is 0 Å². The molecule has 0 spiro atoms. The fourth-order valence-corrected chi connectivity index (χ4v) is 1.73. The molecule has 2 atom stereocenters. The molecular formula is C16H27NO3. The van der Waals surface area contributed by atoms with Crippen LogP contribution in [-0.2, 0) is 0 Å². The highest BCUT2D eigenvalue weighted by Gasteiger charge is 2.24. The zero-order valence-corrected chi connectivity index (χ0v) is 13.1. The molecule has 0 fully saturated rings. The lowest BCUT2D eigenvalue weighted by molar-refractivity contribution is 0.0647. The summed E-state index contributed by atoms with van der Waals surface area (Å²) in [6, 6.07) is 5.96. The summed E-state index contributed by atoms with van der Waals surface area (Å²) >= 11 is 0. The Bertz CT molecular complexity index is 430. The first-order chi connectivity index (χ1) is 9.22. The van der Waals surface area contributed by atoms with E-state index in [2.05, 4.69) is 11.4 Å². The highest BCUT2D eigenvalue weighted by molar-refractivity contribution is 5.35. The van der Waals surface area contributed by atoms with Gasteiger partial charge < -0.3 is 20.3 Å². The molecule has 20 heavy (non-hydrogen) atoms. The molecule has 1 aromatic carbocycles. The summed E-state index contributed by atoms with van der Waals surface area (Å²) < 4.78 is 5.63. The lowest BCUT2D eigenvalue weighted by Gasteiger charge is -2.30. The minimum absolute atomic E-state index is 0.229. The molecule has 0 heterocycles. The molecule has 0 saturated carbocycles.